The number of aromatic nitrogens is 1. The van der Waals surface area contributed by atoms with Crippen molar-refractivity contribution in [3.8, 4) is 0 Å². The molecule has 0 saturated carbocycles. The largest absolute Gasteiger partial charge is 0.375 e. The number of rotatable bonds is 4. The Morgan fingerprint density at radius 2 is 2.35 bits per heavy atom. The van der Waals surface area contributed by atoms with E-state index in [1.165, 1.54) is 17.4 Å². The molecule has 0 spiro atoms. The zero-order valence-electron chi connectivity index (χ0n) is 8.59. The molecule has 0 fully saturated rings. The summed E-state index contributed by atoms with van der Waals surface area (Å²) >= 11 is 3.64. The SMILES string of the molecule is O=[N+]([O-])c1ccc(I)cc1NCc1cncs1. The standard InChI is InChI=1S/C10H8IN3O2S/c11-7-1-2-10(14(15)16)9(3-7)13-5-8-4-12-6-17-8/h1-4,6,13H,5H2. The summed E-state index contributed by atoms with van der Waals surface area (Å²) in [7, 11) is 0. The minimum Gasteiger partial charge on any atom is -0.375 e. The minimum atomic E-state index is -0.384. The average Bonchev–Trinajstić information content (AvgIpc) is 2.78. The fourth-order valence-electron chi connectivity index (χ4n) is 1.32. The van der Waals surface area contributed by atoms with Gasteiger partial charge in [-0.3, -0.25) is 15.1 Å². The second-order valence-corrected chi connectivity index (χ2v) is 5.46. The molecule has 0 unspecified atom stereocenters. The zero-order chi connectivity index (χ0) is 12.3. The lowest BCUT2D eigenvalue weighted by atomic mass is 10.2. The molecule has 0 amide bonds. The van der Waals surface area contributed by atoms with Crippen molar-refractivity contribution >= 4 is 45.3 Å². The first-order valence-corrected chi connectivity index (χ1v) is 6.68. The fourth-order valence-corrected chi connectivity index (χ4v) is 2.35. The van der Waals surface area contributed by atoms with Crippen LogP contribution in [0.2, 0.25) is 0 Å². The Bertz CT molecular complexity index is 530. The fraction of sp³-hybridized carbons (Fsp3) is 0.100. The molecular formula is C10H8IN3O2S. The van der Waals surface area contributed by atoms with Gasteiger partial charge in [0.15, 0.2) is 0 Å². The molecule has 1 N–H and O–H groups in total. The quantitative estimate of drug-likeness (QED) is 0.516. The topological polar surface area (TPSA) is 68.1 Å². The number of hydrogen-bond acceptors (Lipinski definition) is 5. The van der Waals surface area contributed by atoms with Gasteiger partial charge in [0.25, 0.3) is 5.69 Å². The number of nitrogens with one attached hydrogen (secondary N) is 1. The van der Waals surface area contributed by atoms with E-state index in [0.29, 0.717) is 12.2 Å². The predicted octanol–water partition coefficient (Wildman–Crippen LogP) is 3.27. The normalized spacial score (nSPS) is 10.2. The second-order valence-electron chi connectivity index (χ2n) is 3.24. The van der Waals surface area contributed by atoms with E-state index in [1.807, 2.05) is 0 Å². The van der Waals surface area contributed by atoms with Crippen molar-refractivity contribution in [3.05, 3.63) is 48.5 Å². The van der Waals surface area contributed by atoms with E-state index in [9.17, 15) is 10.1 Å². The van der Waals surface area contributed by atoms with Gasteiger partial charge in [-0.1, -0.05) is 0 Å². The van der Waals surface area contributed by atoms with Crippen molar-refractivity contribution in [2.75, 3.05) is 5.32 Å². The van der Waals surface area contributed by atoms with E-state index < -0.39 is 0 Å². The maximum atomic E-state index is 10.8. The molecule has 7 heteroatoms. The number of hydrogen-bond donors (Lipinski definition) is 1. The lowest BCUT2D eigenvalue weighted by Crippen LogP contribution is -2.01. The molecule has 0 atom stereocenters. The molecule has 17 heavy (non-hydrogen) atoms. The van der Waals surface area contributed by atoms with Crippen LogP contribution in [-0.2, 0) is 6.54 Å². The number of nitrogens with zero attached hydrogens (tertiary/aromatic N) is 2. The van der Waals surface area contributed by atoms with Crippen LogP contribution in [0.25, 0.3) is 0 Å². The summed E-state index contributed by atoms with van der Waals surface area (Å²) in [6, 6.07) is 4.99. The highest BCUT2D eigenvalue weighted by Crippen LogP contribution is 2.26. The van der Waals surface area contributed by atoms with Crippen LogP contribution in [0.1, 0.15) is 4.88 Å². The van der Waals surface area contributed by atoms with E-state index in [-0.39, 0.29) is 10.6 Å². The van der Waals surface area contributed by atoms with Crippen LogP contribution in [0.5, 0.6) is 0 Å². The van der Waals surface area contributed by atoms with Gasteiger partial charge in [0.2, 0.25) is 0 Å². The minimum absolute atomic E-state index is 0.0925. The molecule has 1 aromatic heterocycles. The highest BCUT2D eigenvalue weighted by atomic mass is 127. The van der Waals surface area contributed by atoms with E-state index in [4.69, 9.17) is 0 Å². The van der Waals surface area contributed by atoms with E-state index >= 15 is 0 Å². The molecule has 2 aromatic rings. The van der Waals surface area contributed by atoms with Crippen molar-refractivity contribution in [1.82, 2.24) is 4.98 Å². The smallest absolute Gasteiger partial charge is 0.292 e. The van der Waals surface area contributed by atoms with Gasteiger partial charge < -0.3 is 5.32 Å². The molecule has 0 saturated heterocycles. The maximum Gasteiger partial charge on any atom is 0.292 e. The summed E-state index contributed by atoms with van der Waals surface area (Å²) in [5.41, 5.74) is 2.37. The Morgan fingerprint density at radius 1 is 1.53 bits per heavy atom. The van der Waals surface area contributed by atoms with Crippen molar-refractivity contribution in [2.24, 2.45) is 0 Å². The van der Waals surface area contributed by atoms with Gasteiger partial charge in [0.05, 0.1) is 17.0 Å². The van der Waals surface area contributed by atoms with E-state index in [2.05, 4.69) is 32.9 Å². The Labute approximate surface area is 115 Å². The third-order valence-electron chi connectivity index (χ3n) is 2.09. The third-order valence-corrected chi connectivity index (χ3v) is 3.54. The first-order valence-electron chi connectivity index (χ1n) is 4.72. The number of nitro groups is 1. The van der Waals surface area contributed by atoms with Crippen LogP contribution >= 0.6 is 33.9 Å². The summed E-state index contributed by atoms with van der Waals surface area (Å²) in [5, 5.41) is 13.9. The van der Waals surface area contributed by atoms with Gasteiger partial charge in [-0.05, 0) is 34.7 Å². The number of nitro benzene ring substituents is 1. The summed E-state index contributed by atoms with van der Waals surface area (Å²) in [6.45, 7) is 0.547. The van der Waals surface area contributed by atoms with Gasteiger partial charge >= 0.3 is 0 Å². The first kappa shape index (κ1) is 12.2. The van der Waals surface area contributed by atoms with Crippen LogP contribution in [0.15, 0.2) is 29.9 Å². The van der Waals surface area contributed by atoms with Crippen molar-refractivity contribution < 1.29 is 4.92 Å². The second kappa shape index (κ2) is 5.41. The van der Waals surface area contributed by atoms with E-state index in [0.717, 1.165) is 8.45 Å². The van der Waals surface area contributed by atoms with Gasteiger partial charge in [0.1, 0.15) is 5.69 Å². The van der Waals surface area contributed by atoms with Gasteiger partial charge in [-0.15, -0.1) is 11.3 Å². The number of halogens is 1. The highest BCUT2D eigenvalue weighted by molar-refractivity contribution is 14.1. The molecular weight excluding hydrogens is 353 g/mol. The average molecular weight is 361 g/mol. The predicted molar refractivity (Wildman–Crippen MR) is 75.3 cm³/mol. The van der Waals surface area contributed by atoms with E-state index in [1.54, 1.807) is 23.8 Å². The van der Waals surface area contributed by atoms with Crippen LogP contribution in [-0.4, -0.2) is 9.91 Å². The lowest BCUT2D eigenvalue weighted by Gasteiger charge is -2.05. The maximum absolute atomic E-state index is 10.8. The highest BCUT2D eigenvalue weighted by Gasteiger charge is 2.13. The van der Waals surface area contributed by atoms with Gasteiger partial charge in [0, 0.05) is 20.7 Å². The van der Waals surface area contributed by atoms with Crippen molar-refractivity contribution in [3.63, 3.8) is 0 Å². The monoisotopic (exact) mass is 361 g/mol. The van der Waals surface area contributed by atoms with Crippen LogP contribution in [0.3, 0.4) is 0 Å². The molecule has 0 radical (unpaired) electrons. The molecule has 5 nitrogen and oxygen atoms in total. The van der Waals surface area contributed by atoms with Crippen molar-refractivity contribution in [1.29, 1.82) is 0 Å². The van der Waals surface area contributed by atoms with Gasteiger partial charge in [-0.2, -0.15) is 0 Å². The lowest BCUT2D eigenvalue weighted by molar-refractivity contribution is -0.384. The molecule has 1 aromatic carbocycles. The first-order chi connectivity index (χ1) is 8.16. The number of anilines is 1. The Hall–Kier alpha value is -1.22. The summed E-state index contributed by atoms with van der Waals surface area (Å²) in [5.74, 6) is 0. The molecule has 0 aliphatic rings. The molecule has 0 aliphatic heterocycles. The molecule has 2 rings (SSSR count). The molecule has 0 bridgehead atoms. The summed E-state index contributed by atoms with van der Waals surface area (Å²) in [6.07, 6.45) is 1.75. The van der Waals surface area contributed by atoms with Crippen LogP contribution in [0.4, 0.5) is 11.4 Å². The molecule has 0 aliphatic carbocycles. The summed E-state index contributed by atoms with van der Waals surface area (Å²) < 4.78 is 0.958. The Morgan fingerprint density at radius 3 is 3.00 bits per heavy atom. The number of benzene rings is 1. The molecule has 88 valence electrons. The summed E-state index contributed by atoms with van der Waals surface area (Å²) in [4.78, 5) is 15.5. The number of thiazole rings is 1. The Kier molecular flexibility index (Phi) is 3.89. The zero-order valence-corrected chi connectivity index (χ0v) is 11.6. The molecule has 1 heterocycles. The van der Waals surface area contributed by atoms with Crippen LogP contribution in [0, 0.1) is 13.7 Å². The Balaban J connectivity index is 2.19. The van der Waals surface area contributed by atoms with Gasteiger partial charge in [-0.25, -0.2) is 0 Å². The van der Waals surface area contributed by atoms with Crippen molar-refractivity contribution in [2.45, 2.75) is 6.54 Å². The third kappa shape index (κ3) is 3.13. The van der Waals surface area contributed by atoms with Crippen LogP contribution < -0.4 is 5.32 Å².